The minimum absolute atomic E-state index is 0.183. The molecule has 154 valence electrons. The summed E-state index contributed by atoms with van der Waals surface area (Å²) in [4.78, 5) is 13.1. The molecule has 1 heterocycles. The average Bonchev–Trinajstić information content (AvgIpc) is 2.73. The van der Waals surface area contributed by atoms with E-state index in [2.05, 4.69) is 11.0 Å². The second-order valence-electron chi connectivity index (χ2n) is 7.18. The van der Waals surface area contributed by atoms with E-state index in [9.17, 15) is 13.2 Å². The number of benzene rings is 2. The predicted octanol–water partition coefficient (Wildman–Crippen LogP) is 3.60. The molecule has 0 radical (unpaired) electrons. The standard InChI is InChI=1S/C22H26N2O4S/c1-23(17-19-7-3-4-8-21(19)24-15-5-2-6-16-24)29(27,28)20-12-9-18(10-13-20)11-14-22(25)26/h3-4,7-14H,2,5-6,15-17H2,1H3,(H,25,26)/b14-11+. The lowest BCUT2D eigenvalue weighted by Crippen LogP contribution is -2.32. The number of nitrogens with zero attached hydrogens (tertiary/aromatic N) is 2. The minimum atomic E-state index is -3.66. The quantitative estimate of drug-likeness (QED) is 0.701. The van der Waals surface area contributed by atoms with Gasteiger partial charge in [0.05, 0.1) is 4.90 Å². The number of carboxylic acids is 1. The fraction of sp³-hybridized carbons (Fsp3) is 0.318. The number of rotatable bonds is 7. The van der Waals surface area contributed by atoms with Crippen LogP contribution in [0.25, 0.3) is 6.08 Å². The molecule has 1 aliphatic rings. The zero-order chi connectivity index (χ0) is 20.9. The van der Waals surface area contributed by atoms with E-state index in [1.165, 1.54) is 28.9 Å². The normalized spacial score (nSPS) is 15.2. The highest BCUT2D eigenvalue weighted by Crippen LogP contribution is 2.26. The maximum absolute atomic E-state index is 13.0. The van der Waals surface area contributed by atoms with Crippen molar-refractivity contribution in [1.82, 2.24) is 4.31 Å². The zero-order valence-corrected chi connectivity index (χ0v) is 17.3. The van der Waals surface area contributed by atoms with Gasteiger partial charge in [-0.15, -0.1) is 0 Å². The Morgan fingerprint density at radius 1 is 1.07 bits per heavy atom. The van der Waals surface area contributed by atoms with E-state index in [4.69, 9.17) is 5.11 Å². The maximum atomic E-state index is 13.0. The first-order chi connectivity index (χ1) is 13.9. The van der Waals surface area contributed by atoms with Gasteiger partial charge < -0.3 is 10.0 Å². The molecule has 6 nitrogen and oxygen atoms in total. The van der Waals surface area contributed by atoms with Crippen LogP contribution in [0.2, 0.25) is 0 Å². The molecule has 1 fully saturated rings. The zero-order valence-electron chi connectivity index (χ0n) is 16.5. The second-order valence-corrected chi connectivity index (χ2v) is 9.22. The lowest BCUT2D eigenvalue weighted by Gasteiger charge is -2.31. The van der Waals surface area contributed by atoms with Crippen molar-refractivity contribution in [2.45, 2.75) is 30.7 Å². The first kappa shape index (κ1) is 21.1. The molecule has 0 spiro atoms. The summed E-state index contributed by atoms with van der Waals surface area (Å²) in [6.07, 6.45) is 6.01. The molecule has 1 aliphatic heterocycles. The van der Waals surface area contributed by atoms with Crippen molar-refractivity contribution in [2.24, 2.45) is 0 Å². The Labute approximate surface area is 172 Å². The highest BCUT2D eigenvalue weighted by atomic mass is 32.2. The molecule has 2 aromatic carbocycles. The molecular weight excluding hydrogens is 388 g/mol. The Morgan fingerprint density at radius 3 is 2.38 bits per heavy atom. The lowest BCUT2D eigenvalue weighted by atomic mass is 10.1. The van der Waals surface area contributed by atoms with Crippen LogP contribution in [-0.2, 0) is 21.4 Å². The summed E-state index contributed by atoms with van der Waals surface area (Å²) in [6, 6.07) is 14.2. The van der Waals surface area contributed by atoms with Gasteiger partial charge in [0.25, 0.3) is 0 Å². The minimum Gasteiger partial charge on any atom is -0.478 e. The first-order valence-corrected chi connectivity index (χ1v) is 11.1. The molecule has 7 heteroatoms. The fourth-order valence-corrected chi connectivity index (χ4v) is 4.66. The SMILES string of the molecule is CN(Cc1ccccc1N1CCCCC1)S(=O)(=O)c1ccc(/C=C/C(=O)O)cc1. The number of hydrogen-bond acceptors (Lipinski definition) is 4. The molecule has 0 saturated carbocycles. The monoisotopic (exact) mass is 414 g/mol. The summed E-state index contributed by atoms with van der Waals surface area (Å²) >= 11 is 0. The van der Waals surface area contributed by atoms with E-state index in [0.29, 0.717) is 5.56 Å². The molecular formula is C22H26N2O4S. The molecule has 0 unspecified atom stereocenters. The van der Waals surface area contributed by atoms with Crippen LogP contribution in [0.15, 0.2) is 59.5 Å². The highest BCUT2D eigenvalue weighted by molar-refractivity contribution is 7.89. The van der Waals surface area contributed by atoms with Crippen LogP contribution >= 0.6 is 0 Å². The van der Waals surface area contributed by atoms with Crippen molar-refractivity contribution in [3.05, 3.63) is 65.7 Å². The van der Waals surface area contributed by atoms with E-state index in [-0.39, 0.29) is 11.4 Å². The van der Waals surface area contributed by atoms with Crippen LogP contribution in [0.5, 0.6) is 0 Å². The Morgan fingerprint density at radius 2 is 1.72 bits per heavy atom. The van der Waals surface area contributed by atoms with Gasteiger partial charge in [0, 0.05) is 38.4 Å². The van der Waals surface area contributed by atoms with E-state index in [0.717, 1.165) is 43.3 Å². The maximum Gasteiger partial charge on any atom is 0.328 e. The van der Waals surface area contributed by atoms with E-state index >= 15 is 0 Å². The van der Waals surface area contributed by atoms with Crippen LogP contribution in [0, 0.1) is 0 Å². The Bertz CT molecular complexity index is 978. The smallest absolute Gasteiger partial charge is 0.328 e. The van der Waals surface area contributed by atoms with Gasteiger partial charge >= 0.3 is 5.97 Å². The van der Waals surface area contributed by atoms with Crippen molar-refractivity contribution >= 4 is 27.8 Å². The summed E-state index contributed by atoms with van der Waals surface area (Å²) in [5.74, 6) is -1.05. The Balaban J connectivity index is 1.78. The summed E-state index contributed by atoms with van der Waals surface area (Å²) in [5, 5.41) is 8.70. The van der Waals surface area contributed by atoms with Gasteiger partial charge in [-0.2, -0.15) is 4.31 Å². The van der Waals surface area contributed by atoms with Crippen LogP contribution in [0.3, 0.4) is 0 Å². The highest BCUT2D eigenvalue weighted by Gasteiger charge is 2.23. The summed E-state index contributed by atoms with van der Waals surface area (Å²) < 4.78 is 27.4. The third-order valence-corrected chi connectivity index (χ3v) is 6.91. The van der Waals surface area contributed by atoms with Crippen molar-refractivity contribution < 1.29 is 18.3 Å². The van der Waals surface area contributed by atoms with Gasteiger partial charge in [-0.1, -0.05) is 30.3 Å². The van der Waals surface area contributed by atoms with E-state index in [1.54, 1.807) is 19.2 Å². The molecule has 0 aromatic heterocycles. The van der Waals surface area contributed by atoms with Gasteiger partial charge in [0.1, 0.15) is 0 Å². The second kappa shape index (κ2) is 9.24. The average molecular weight is 415 g/mol. The number of aliphatic carboxylic acids is 1. The van der Waals surface area contributed by atoms with Gasteiger partial charge in [-0.3, -0.25) is 0 Å². The number of carboxylic acid groups (broad SMARTS) is 1. The summed E-state index contributed by atoms with van der Waals surface area (Å²) in [6.45, 7) is 2.28. The Kier molecular flexibility index (Phi) is 6.71. The predicted molar refractivity (Wildman–Crippen MR) is 114 cm³/mol. The Hall–Kier alpha value is -2.64. The van der Waals surface area contributed by atoms with Crippen LogP contribution < -0.4 is 4.90 Å². The van der Waals surface area contributed by atoms with Crippen LogP contribution in [0.4, 0.5) is 5.69 Å². The molecule has 1 saturated heterocycles. The van der Waals surface area contributed by atoms with Gasteiger partial charge in [-0.05, 0) is 54.7 Å². The molecule has 0 atom stereocenters. The molecule has 0 aliphatic carbocycles. The number of hydrogen-bond donors (Lipinski definition) is 1. The third kappa shape index (κ3) is 5.25. The number of para-hydroxylation sites is 1. The molecule has 0 amide bonds. The van der Waals surface area contributed by atoms with Gasteiger partial charge in [-0.25, -0.2) is 13.2 Å². The largest absolute Gasteiger partial charge is 0.478 e. The van der Waals surface area contributed by atoms with Crippen molar-refractivity contribution in [1.29, 1.82) is 0 Å². The number of carbonyl (C=O) groups is 1. The van der Waals surface area contributed by atoms with Crippen LogP contribution in [0.1, 0.15) is 30.4 Å². The molecule has 2 aromatic rings. The van der Waals surface area contributed by atoms with Crippen molar-refractivity contribution in [2.75, 3.05) is 25.0 Å². The van der Waals surface area contributed by atoms with Gasteiger partial charge in [0.2, 0.25) is 10.0 Å². The number of sulfonamides is 1. The lowest BCUT2D eigenvalue weighted by molar-refractivity contribution is -0.131. The van der Waals surface area contributed by atoms with Crippen molar-refractivity contribution in [3.63, 3.8) is 0 Å². The summed E-state index contributed by atoms with van der Waals surface area (Å²) in [7, 11) is -2.07. The molecule has 1 N–H and O–H groups in total. The van der Waals surface area contributed by atoms with E-state index < -0.39 is 16.0 Å². The number of piperidine rings is 1. The van der Waals surface area contributed by atoms with Crippen LogP contribution in [-0.4, -0.2) is 43.9 Å². The topological polar surface area (TPSA) is 77.9 Å². The fourth-order valence-electron chi connectivity index (χ4n) is 3.51. The van der Waals surface area contributed by atoms with E-state index in [1.807, 2.05) is 18.2 Å². The van der Waals surface area contributed by atoms with Gasteiger partial charge in [0.15, 0.2) is 0 Å². The summed E-state index contributed by atoms with van der Waals surface area (Å²) in [5.41, 5.74) is 2.72. The third-order valence-electron chi connectivity index (χ3n) is 5.09. The molecule has 0 bridgehead atoms. The molecule has 29 heavy (non-hydrogen) atoms. The number of anilines is 1. The van der Waals surface area contributed by atoms with Crippen molar-refractivity contribution in [3.8, 4) is 0 Å². The molecule has 3 rings (SSSR count). The first-order valence-electron chi connectivity index (χ1n) is 9.68.